The average molecular weight is 576 g/mol. The number of hydrogen-bond acceptors (Lipinski definition) is 7. The fraction of sp³-hybridized carbons (Fsp3) is 0.742. The summed E-state index contributed by atoms with van der Waals surface area (Å²) in [5.74, 6) is -3.19. The maximum atomic E-state index is 14.3. The van der Waals surface area contributed by atoms with Crippen molar-refractivity contribution in [3.63, 3.8) is 0 Å². The minimum absolute atomic E-state index is 0.130. The van der Waals surface area contributed by atoms with E-state index in [2.05, 4.69) is 25.4 Å². The summed E-state index contributed by atoms with van der Waals surface area (Å²) in [6, 6.07) is -1.56. The van der Waals surface area contributed by atoms with Crippen LogP contribution in [0.1, 0.15) is 72.6 Å². The van der Waals surface area contributed by atoms with Gasteiger partial charge in [0.05, 0.1) is 37.1 Å². The van der Waals surface area contributed by atoms with Gasteiger partial charge in [-0.15, -0.1) is 13.2 Å². The van der Waals surface area contributed by atoms with Gasteiger partial charge in [0.15, 0.2) is 0 Å². The second-order valence-corrected chi connectivity index (χ2v) is 12.0. The summed E-state index contributed by atoms with van der Waals surface area (Å²) in [5.41, 5.74) is -1.17. The van der Waals surface area contributed by atoms with Crippen molar-refractivity contribution in [3.05, 3.63) is 25.3 Å². The van der Waals surface area contributed by atoms with Gasteiger partial charge in [-0.3, -0.25) is 19.2 Å². The Balaban J connectivity index is 1.89. The molecule has 3 aliphatic rings. The van der Waals surface area contributed by atoms with Crippen LogP contribution in [0.4, 0.5) is 0 Å². The van der Waals surface area contributed by atoms with Crippen molar-refractivity contribution in [2.75, 3.05) is 26.2 Å². The lowest BCUT2D eigenvalue weighted by Gasteiger charge is -2.40. The van der Waals surface area contributed by atoms with Crippen molar-refractivity contribution in [1.82, 2.24) is 15.1 Å². The van der Waals surface area contributed by atoms with Gasteiger partial charge in [-0.1, -0.05) is 45.8 Å². The van der Waals surface area contributed by atoms with Gasteiger partial charge in [-0.25, -0.2) is 0 Å². The Labute approximate surface area is 244 Å². The Hall–Kier alpha value is -2.72. The van der Waals surface area contributed by atoms with E-state index in [1.165, 1.54) is 4.90 Å². The molecule has 0 aromatic carbocycles. The zero-order valence-corrected chi connectivity index (χ0v) is 25.2. The summed E-state index contributed by atoms with van der Waals surface area (Å²) in [7, 11) is 0. The van der Waals surface area contributed by atoms with Gasteiger partial charge >= 0.3 is 5.97 Å². The largest absolute Gasteiger partial charge is 0.460 e. The molecule has 10 heteroatoms. The molecule has 0 aromatic rings. The molecule has 0 unspecified atom stereocenters. The fourth-order valence-corrected chi connectivity index (χ4v) is 6.69. The van der Waals surface area contributed by atoms with Crippen molar-refractivity contribution in [2.45, 2.75) is 103 Å². The van der Waals surface area contributed by atoms with Crippen molar-refractivity contribution in [3.8, 4) is 0 Å². The van der Waals surface area contributed by atoms with E-state index >= 15 is 0 Å². The molecule has 0 saturated carbocycles. The van der Waals surface area contributed by atoms with E-state index < -0.39 is 47.7 Å². The maximum absolute atomic E-state index is 14.3. The molecular formula is C31H49N3O7. The number of esters is 1. The monoisotopic (exact) mass is 575 g/mol. The van der Waals surface area contributed by atoms with Gasteiger partial charge in [0.2, 0.25) is 17.7 Å². The topological polar surface area (TPSA) is 125 Å². The molecule has 0 aliphatic carbocycles. The van der Waals surface area contributed by atoms with E-state index in [0.717, 1.165) is 19.3 Å². The normalized spacial score (nSPS) is 27.9. The number of likely N-dealkylation sites (tertiary alicyclic amines) is 1. The third kappa shape index (κ3) is 6.69. The highest BCUT2D eigenvalue weighted by molar-refractivity contribution is 5.98. The Kier molecular flexibility index (Phi) is 11.6. The minimum Gasteiger partial charge on any atom is -0.460 e. The third-order valence-corrected chi connectivity index (χ3v) is 8.73. The zero-order valence-electron chi connectivity index (χ0n) is 25.2. The summed E-state index contributed by atoms with van der Waals surface area (Å²) in [6.45, 7) is 15.7. The van der Waals surface area contributed by atoms with Gasteiger partial charge in [-0.05, 0) is 38.5 Å². The molecule has 3 fully saturated rings. The number of rotatable bonds is 17. The molecule has 0 aromatic heterocycles. The van der Waals surface area contributed by atoms with E-state index in [4.69, 9.17) is 9.47 Å². The van der Waals surface area contributed by atoms with Crippen LogP contribution < -0.4 is 5.32 Å². The first kappa shape index (κ1) is 32.8. The first-order valence-corrected chi connectivity index (χ1v) is 15.2. The van der Waals surface area contributed by atoms with E-state index in [1.54, 1.807) is 24.0 Å². The number of carbonyl (C=O) groups excluding carboxylic acids is 4. The average Bonchev–Trinajstić information content (AvgIpc) is 3.58. The van der Waals surface area contributed by atoms with Crippen LogP contribution >= 0.6 is 0 Å². The van der Waals surface area contributed by atoms with E-state index in [1.807, 2.05) is 13.8 Å². The Bertz CT molecular complexity index is 985. The third-order valence-electron chi connectivity index (χ3n) is 8.73. The van der Waals surface area contributed by atoms with Gasteiger partial charge < -0.3 is 29.7 Å². The quantitative estimate of drug-likeness (QED) is 0.155. The molecule has 2 bridgehead atoms. The number of allylic oxidation sites excluding steroid dienone is 1. The van der Waals surface area contributed by atoms with Crippen LogP contribution in [0.5, 0.6) is 0 Å². The predicted octanol–water partition coefficient (Wildman–Crippen LogP) is 2.60. The Morgan fingerprint density at radius 3 is 2.59 bits per heavy atom. The summed E-state index contributed by atoms with van der Waals surface area (Å²) >= 11 is 0. The number of aliphatic hydroxyl groups is 1. The minimum atomic E-state index is -1.17. The fourth-order valence-electron chi connectivity index (χ4n) is 6.69. The number of ether oxygens (including phenoxy) is 2. The SMILES string of the molecule is C=CCCC(=O)NC[C@H](C)OC(=O)[C@@H]1[C@H]2C(=O)N([C@@H](CO)C(C)C)[C@H](C(=O)N(CC=C)CCCCC)[C@]23CC[C@H]1O3. The van der Waals surface area contributed by atoms with Crippen molar-refractivity contribution in [2.24, 2.45) is 17.8 Å². The first-order chi connectivity index (χ1) is 19.6. The molecule has 10 nitrogen and oxygen atoms in total. The Morgan fingerprint density at radius 2 is 1.98 bits per heavy atom. The van der Waals surface area contributed by atoms with E-state index in [9.17, 15) is 24.3 Å². The molecule has 3 amide bonds. The van der Waals surface area contributed by atoms with Crippen molar-refractivity contribution in [1.29, 1.82) is 0 Å². The zero-order chi connectivity index (χ0) is 30.3. The molecule has 0 radical (unpaired) electrons. The second kappa shape index (κ2) is 14.4. The van der Waals surface area contributed by atoms with Crippen LogP contribution in [0.15, 0.2) is 25.3 Å². The molecule has 230 valence electrons. The molecule has 3 rings (SSSR count). The molecule has 3 aliphatic heterocycles. The van der Waals surface area contributed by atoms with Gasteiger partial charge in [0.25, 0.3) is 0 Å². The number of nitrogens with zero attached hydrogens (tertiary/aromatic N) is 2. The molecule has 2 N–H and O–H groups in total. The predicted molar refractivity (Wildman–Crippen MR) is 154 cm³/mol. The number of fused-ring (bicyclic) bond motifs is 1. The first-order valence-electron chi connectivity index (χ1n) is 15.2. The lowest BCUT2D eigenvalue weighted by atomic mass is 9.70. The number of unbranched alkanes of at least 4 members (excludes halogenated alkanes) is 2. The van der Waals surface area contributed by atoms with E-state index in [0.29, 0.717) is 38.8 Å². The molecule has 1 spiro atoms. The number of hydrogen-bond donors (Lipinski definition) is 2. The van der Waals surface area contributed by atoms with Crippen LogP contribution in [-0.4, -0.2) is 94.7 Å². The number of carbonyl (C=O) groups is 4. The highest BCUT2D eigenvalue weighted by atomic mass is 16.6. The summed E-state index contributed by atoms with van der Waals surface area (Å²) in [5, 5.41) is 13.1. The van der Waals surface area contributed by atoms with Gasteiger partial charge in [0, 0.05) is 19.5 Å². The van der Waals surface area contributed by atoms with Crippen LogP contribution in [-0.2, 0) is 28.7 Å². The lowest BCUT2D eigenvalue weighted by Crippen LogP contribution is -2.59. The Morgan fingerprint density at radius 1 is 1.24 bits per heavy atom. The van der Waals surface area contributed by atoms with Crippen molar-refractivity contribution < 1.29 is 33.8 Å². The van der Waals surface area contributed by atoms with Crippen LogP contribution in [0, 0.1) is 17.8 Å². The summed E-state index contributed by atoms with van der Waals surface area (Å²) in [4.78, 5) is 57.3. The molecule has 3 heterocycles. The summed E-state index contributed by atoms with van der Waals surface area (Å²) < 4.78 is 12.2. The molecular weight excluding hydrogens is 526 g/mol. The number of aliphatic hydroxyl groups excluding tert-OH is 1. The van der Waals surface area contributed by atoms with Crippen LogP contribution in [0.3, 0.4) is 0 Å². The smallest absolute Gasteiger partial charge is 0.312 e. The maximum Gasteiger partial charge on any atom is 0.312 e. The second-order valence-electron chi connectivity index (χ2n) is 12.0. The highest BCUT2D eigenvalue weighted by Gasteiger charge is 2.75. The van der Waals surface area contributed by atoms with Gasteiger partial charge in [0.1, 0.15) is 17.7 Å². The van der Waals surface area contributed by atoms with E-state index in [-0.39, 0.29) is 36.8 Å². The number of amides is 3. The standard InChI is InChI=1S/C31H49N3O7/c1-7-10-12-17-33(16-9-3)29(38)27-31-15-14-23(41-31)25(26(31)28(37)34(27)22(19-35)20(4)5)30(39)40-21(6)18-32-24(36)13-11-8-2/h8-9,20-23,25-27,35H,2-3,7,10-19H2,1,4-6H3,(H,32,36)/t21-,22-,23+,25-,26-,27+,31-/m0/s1. The van der Waals surface area contributed by atoms with Crippen LogP contribution in [0.2, 0.25) is 0 Å². The lowest BCUT2D eigenvalue weighted by molar-refractivity contribution is -0.160. The number of nitrogens with one attached hydrogen (secondary N) is 1. The van der Waals surface area contributed by atoms with Gasteiger partial charge in [-0.2, -0.15) is 0 Å². The summed E-state index contributed by atoms with van der Waals surface area (Å²) in [6.07, 6.45) is 6.82. The highest BCUT2D eigenvalue weighted by Crippen LogP contribution is 2.59. The van der Waals surface area contributed by atoms with Crippen molar-refractivity contribution >= 4 is 23.7 Å². The molecule has 41 heavy (non-hydrogen) atoms. The van der Waals surface area contributed by atoms with Crippen LogP contribution in [0.25, 0.3) is 0 Å². The molecule has 3 saturated heterocycles. The molecule has 7 atom stereocenters.